The van der Waals surface area contributed by atoms with E-state index in [-0.39, 0.29) is 15.8 Å². The molecule has 0 spiro atoms. The lowest BCUT2D eigenvalue weighted by atomic mass is 10.1. The average molecular weight is 453 g/mol. The lowest BCUT2D eigenvalue weighted by Gasteiger charge is -2.26. The molecule has 30 heavy (non-hydrogen) atoms. The molecule has 3 rings (SSSR count). The van der Waals surface area contributed by atoms with Gasteiger partial charge in [-0.05, 0) is 55.8 Å². The van der Waals surface area contributed by atoms with Gasteiger partial charge in [0.25, 0.3) is 5.91 Å². The Hall–Kier alpha value is -2.10. The Bertz CT molecular complexity index is 981. The SMILES string of the molecule is CCOc1ccc(C(C)NC(=O)c2sccc2S(=O)(=O)N2CCCCC2)cc1OC. The Kier molecular flexibility index (Phi) is 7.38. The summed E-state index contributed by atoms with van der Waals surface area (Å²) in [6, 6.07) is 6.66. The Balaban J connectivity index is 1.78. The van der Waals surface area contributed by atoms with Crippen LogP contribution in [0.3, 0.4) is 0 Å². The molecule has 2 heterocycles. The van der Waals surface area contributed by atoms with Crippen LogP contribution in [0.2, 0.25) is 0 Å². The fourth-order valence-electron chi connectivity index (χ4n) is 3.48. The summed E-state index contributed by atoms with van der Waals surface area (Å²) >= 11 is 1.14. The van der Waals surface area contributed by atoms with Gasteiger partial charge in [-0.2, -0.15) is 4.31 Å². The maximum Gasteiger partial charge on any atom is 0.263 e. The Labute approximate surface area is 182 Å². The number of sulfonamides is 1. The van der Waals surface area contributed by atoms with E-state index in [1.807, 2.05) is 26.0 Å². The number of rotatable bonds is 8. The molecule has 1 amide bonds. The molecule has 0 bridgehead atoms. The Morgan fingerprint density at radius 3 is 2.60 bits per heavy atom. The number of benzene rings is 1. The number of nitrogens with zero attached hydrogens (tertiary/aromatic N) is 1. The first kappa shape index (κ1) is 22.6. The molecule has 2 aromatic rings. The van der Waals surface area contributed by atoms with Crippen LogP contribution in [0.5, 0.6) is 11.5 Å². The van der Waals surface area contributed by atoms with E-state index < -0.39 is 15.9 Å². The van der Waals surface area contributed by atoms with Crippen LogP contribution in [0.25, 0.3) is 0 Å². The lowest BCUT2D eigenvalue weighted by Crippen LogP contribution is -2.36. The molecule has 164 valence electrons. The van der Waals surface area contributed by atoms with E-state index in [9.17, 15) is 13.2 Å². The molecule has 1 aliphatic heterocycles. The monoisotopic (exact) mass is 452 g/mol. The molecule has 9 heteroatoms. The predicted molar refractivity (Wildman–Crippen MR) is 117 cm³/mol. The van der Waals surface area contributed by atoms with Crippen LogP contribution >= 0.6 is 11.3 Å². The number of nitrogens with one attached hydrogen (secondary N) is 1. The minimum atomic E-state index is -3.67. The maximum absolute atomic E-state index is 13.0. The van der Waals surface area contributed by atoms with Crippen molar-refractivity contribution in [1.29, 1.82) is 0 Å². The molecule has 1 aliphatic rings. The Morgan fingerprint density at radius 1 is 1.20 bits per heavy atom. The molecule has 1 atom stereocenters. The minimum Gasteiger partial charge on any atom is -0.493 e. The van der Waals surface area contributed by atoms with Crippen LogP contribution in [0.4, 0.5) is 0 Å². The van der Waals surface area contributed by atoms with Crippen molar-refractivity contribution in [1.82, 2.24) is 9.62 Å². The highest BCUT2D eigenvalue weighted by atomic mass is 32.2. The number of carbonyl (C=O) groups is 1. The fraction of sp³-hybridized carbons (Fsp3) is 0.476. The zero-order chi connectivity index (χ0) is 21.7. The smallest absolute Gasteiger partial charge is 0.263 e. The van der Waals surface area contributed by atoms with E-state index in [1.165, 1.54) is 10.4 Å². The van der Waals surface area contributed by atoms with Crippen LogP contribution in [0.1, 0.15) is 54.4 Å². The van der Waals surface area contributed by atoms with Gasteiger partial charge in [0, 0.05) is 13.1 Å². The molecule has 0 aliphatic carbocycles. The molecule has 1 aromatic carbocycles. The molecule has 1 N–H and O–H groups in total. The lowest BCUT2D eigenvalue weighted by molar-refractivity contribution is 0.0940. The quantitative estimate of drug-likeness (QED) is 0.658. The highest BCUT2D eigenvalue weighted by Crippen LogP contribution is 2.31. The van der Waals surface area contributed by atoms with E-state index in [0.717, 1.165) is 36.2 Å². The van der Waals surface area contributed by atoms with Crippen molar-refractivity contribution in [3.8, 4) is 11.5 Å². The van der Waals surface area contributed by atoms with Crippen LogP contribution in [0, 0.1) is 0 Å². The van der Waals surface area contributed by atoms with Crippen LogP contribution < -0.4 is 14.8 Å². The summed E-state index contributed by atoms with van der Waals surface area (Å²) in [5.74, 6) is 0.816. The zero-order valence-electron chi connectivity index (χ0n) is 17.5. The number of ether oxygens (including phenoxy) is 2. The van der Waals surface area contributed by atoms with E-state index in [4.69, 9.17) is 9.47 Å². The molecule has 1 fully saturated rings. The predicted octanol–water partition coefficient (Wildman–Crippen LogP) is 3.82. The molecule has 1 aromatic heterocycles. The summed E-state index contributed by atoms with van der Waals surface area (Å²) < 4.78 is 38.5. The first-order valence-corrected chi connectivity index (χ1v) is 12.4. The van der Waals surface area contributed by atoms with Crippen molar-refractivity contribution in [3.05, 3.63) is 40.1 Å². The number of amides is 1. The molecular weight excluding hydrogens is 424 g/mol. The van der Waals surface area contributed by atoms with Gasteiger partial charge < -0.3 is 14.8 Å². The number of hydrogen-bond acceptors (Lipinski definition) is 6. The van der Waals surface area contributed by atoms with Gasteiger partial charge in [0.15, 0.2) is 11.5 Å². The average Bonchev–Trinajstić information content (AvgIpc) is 3.26. The summed E-state index contributed by atoms with van der Waals surface area (Å²) in [7, 11) is -2.11. The van der Waals surface area contributed by atoms with E-state index in [1.54, 1.807) is 18.6 Å². The van der Waals surface area contributed by atoms with Crippen LogP contribution in [0.15, 0.2) is 34.5 Å². The standard InChI is InChI=1S/C21H28N2O5S2/c1-4-28-17-9-8-16(14-18(17)27-3)15(2)22-21(24)20-19(10-13-29-20)30(25,26)23-11-6-5-7-12-23/h8-10,13-15H,4-7,11-12H2,1-3H3,(H,22,24). The van der Waals surface area contributed by atoms with Crippen molar-refractivity contribution < 1.29 is 22.7 Å². The van der Waals surface area contributed by atoms with Gasteiger partial charge in [-0.1, -0.05) is 12.5 Å². The van der Waals surface area contributed by atoms with Gasteiger partial charge in [-0.3, -0.25) is 4.79 Å². The maximum atomic E-state index is 13.0. The van der Waals surface area contributed by atoms with Gasteiger partial charge in [-0.25, -0.2) is 8.42 Å². The first-order chi connectivity index (χ1) is 14.4. The van der Waals surface area contributed by atoms with E-state index in [2.05, 4.69) is 5.32 Å². The fourth-order valence-corrected chi connectivity index (χ4v) is 6.31. The van der Waals surface area contributed by atoms with Gasteiger partial charge in [0.1, 0.15) is 9.77 Å². The Morgan fingerprint density at radius 2 is 1.93 bits per heavy atom. The number of thiophene rings is 1. The van der Waals surface area contributed by atoms with E-state index in [0.29, 0.717) is 31.2 Å². The second kappa shape index (κ2) is 9.80. The summed E-state index contributed by atoms with van der Waals surface area (Å²) in [5.41, 5.74) is 0.834. The van der Waals surface area contributed by atoms with Crippen molar-refractivity contribution in [2.24, 2.45) is 0 Å². The third-order valence-electron chi connectivity index (χ3n) is 5.10. The van der Waals surface area contributed by atoms with Crippen molar-refractivity contribution >= 4 is 27.3 Å². The molecule has 7 nitrogen and oxygen atoms in total. The molecular formula is C21H28N2O5S2. The highest BCUT2D eigenvalue weighted by molar-refractivity contribution is 7.89. The minimum absolute atomic E-state index is 0.0865. The van der Waals surface area contributed by atoms with Crippen LogP contribution in [-0.2, 0) is 10.0 Å². The number of hydrogen-bond donors (Lipinski definition) is 1. The third kappa shape index (κ3) is 4.79. The molecule has 1 unspecified atom stereocenters. The topological polar surface area (TPSA) is 84.9 Å². The third-order valence-corrected chi connectivity index (χ3v) is 8.09. The number of carbonyl (C=O) groups excluding carboxylic acids is 1. The van der Waals surface area contributed by atoms with Crippen molar-refractivity contribution in [3.63, 3.8) is 0 Å². The summed E-state index contributed by atoms with van der Waals surface area (Å²) in [5, 5.41) is 4.56. The second-order valence-electron chi connectivity index (χ2n) is 7.12. The van der Waals surface area contributed by atoms with Crippen molar-refractivity contribution in [2.45, 2.75) is 44.0 Å². The van der Waals surface area contributed by atoms with E-state index >= 15 is 0 Å². The molecule has 1 saturated heterocycles. The number of methoxy groups -OCH3 is 1. The summed E-state index contributed by atoms with van der Waals surface area (Å²) in [6.45, 7) is 5.27. The van der Waals surface area contributed by atoms with Gasteiger partial charge in [0.2, 0.25) is 10.0 Å². The van der Waals surface area contributed by atoms with Crippen molar-refractivity contribution in [2.75, 3.05) is 26.8 Å². The largest absolute Gasteiger partial charge is 0.493 e. The summed E-state index contributed by atoms with van der Waals surface area (Å²) in [6.07, 6.45) is 2.73. The zero-order valence-corrected chi connectivity index (χ0v) is 19.1. The first-order valence-electron chi connectivity index (χ1n) is 10.1. The summed E-state index contributed by atoms with van der Waals surface area (Å²) in [4.78, 5) is 13.2. The van der Waals surface area contributed by atoms with Gasteiger partial charge in [0.05, 0.1) is 19.8 Å². The normalized spacial score (nSPS) is 16.1. The second-order valence-corrected chi connectivity index (χ2v) is 9.94. The number of piperidine rings is 1. The molecule has 0 radical (unpaired) electrons. The van der Waals surface area contributed by atoms with Crippen LogP contribution in [-0.4, -0.2) is 45.4 Å². The van der Waals surface area contributed by atoms with Gasteiger partial charge in [-0.15, -0.1) is 11.3 Å². The highest BCUT2D eigenvalue weighted by Gasteiger charge is 2.31. The molecule has 0 saturated carbocycles. The van der Waals surface area contributed by atoms with Gasteiger partial charge >= 0.3 is 0 Å².